The minimum Gasteiger partial charge on any atom is -0.355 e. The van der Waals surface area contributed by atoms with E-state index in [1.807, 2.05) is 12.1 Å². The number of amides is 2. The Morgan fingerprint density at radius 1 is 0.952 bits per heavy atom. The van der Waals surface area contributed by atoms with Gasteiger partial charge in [0.05, 0.1) is 0 Å². The summed E-state index contributed by atoms with van der Waals surface area (Å²) in [6.07, 6.45) is 4.91. The molecule has 0 fully saturated rings. The molecule has 0 saturated carbocycles. The number of carbonyl (C=O) groups excluding carboxylic acids is 2. The summed E-state index contributed by atoms with van der Waals surface area (Å²) in [7, 11) is 0. The molecule has 0 bridgehead atoms. The van der Waals surface area contributed by atoms with Crippen molar-refractivity contribution < 1.29 is 9.59 Å². The molecular formula is C15H16N4O2. The van der Waals surface area contributed by atoms with E-state index in [4.69, 9.17) is 0 Å². The van der Waals surface area contributed by atoms with Gasteiger partial charge in [0.1, 0.15) is 6.33 Å². The van der Waals surface area contributed by atoms with Gasteiger partial charge >= 0.3 is 0 Å². The van der Waals surface area contributed by atoms with Crippen molar-refractivity contribution in [1.82, 2.24) is 20.6 Å². The van der Waals surface area contributed by atoms with Gasteiger partial charge in [0, 0.05) is 43.5 Å². The molecular weight excluding hydrogens is 268 g/mol. The molecule has 0 aliphatic carbocycles. The zero-order valence-electron chi connectivity index (χ0n) is 11.7. The molecule has 2 aromatic rings. The number of rotatable bonds is 5. The van der Waals surface area contributed by atoms with Crippen LogP contribution < -0.4 is 10.6 Å². The highest BCUT2D eigenvalue weighted by molar-refractivity contribution is 5.94. The van der Waals surface area contributed by atoms with E-state index < -0.39 is 0 Å². The number of nitrogens with one attached hydrogen (secondary N) is 2. The maximum absolute atomic E-state index is 11.9. The molecule has 2 rings (SSSR count). The lowest BCUT2D eigenvalue weighted by atomic mass is 10.1. The maximum Gasteiger partial charge on any atom is 0.251 e. The van der Waals surface area contributed by atoms with Crippen LogP contribution in [0.4, 0.5) is 0 Å². The van der Waals surface area contributed by atoms with E-state index in [9.17, 15) is 9.59 Å². The quantitative estimate of drug-likeness (QED) is 0.803. The van der Waals surface area contributed by atoms with Gasteiger partial charge in [-0.05, 0) is 17.7 Å². The summed E-state index contributed by atoms with van der Waals surface area (Å²) in [6.45, 7) is 2.25. The Hall–Kier alpha value is -2.76. The highest BCUT2D eigenvalue weighted by atomic mass is 16.2. The van der Waals surface area contributed by atoms with Crippen LogP contribution in [0.25, 0.3) is 11.1 Å². The fourth-order valence-corrected chi connectivity index (χ4v) is 1.78. The first-order valence-electron chi connectivity index (χ1n) is 6.55. The van der Waals surface area contributed by atoms with Crippen LogP contribution in [-0.4, -0.2) is 34.9 Å². The molecule has 2 N–H and O–H groups in total. The van der Waals surface area contributed by atoms with Crippen molar-refractivity contribution in [3.63, 3.8) is 0 Å². The average Bonchev–Trinajstić information content (AvgIpc) is 2.52. The minimum atomic E-state index is -0.170. The lowest BCUT2D eigenvalue weighted by Crippen LogP contribution is -2.33. The molecule has 0 aliphatic heterocycles. The molecule has 1 heterocycles. The average molecular weight is 284 g/mol. The SMILES string of the molecule is CC(=O)NCCNC(=O)c1ccc(-c2cncnc2)cc1. The van der Waals surface area contributed by atoms with Crippen molar-refractivity contribution in [2.75, 3.05) is 13.1 Å². The molecule has 6 heteroatoms. The Morgan fingerprint density at radius 3 is 2.19 bits per heavy atom. The van der Waals surface area contributed by atoms with Crippen LogP contribution in [0.2, 0.25) is 0 Å². The van der Waals surface area contributed by atoms with E-state index >= 15 is 0 Å². The number of hydrogen-bond donors (Lipinski definition) is 2. The van der Waals surface area contributed by atoms with Crippen molar-refractivity contribution in [2.45, 2.75) is 6.92 Å². The van der Waals surface area contributed by atoms with Crippen LogP contribution in [-0.2, 0) is 4.79 Å². The predicted molar refractivity (Wildman–Crippen MR) is 78.5 cm³/mol. The molecule has 0 saturated heterocycles. The normalized spacial score (nSPS) is 9.95. The number of aromatic nitrogens is 2. The van der Waals surface area contributed by atoms with Crippen LogP contribution in [0.5, 0.6) is 0 Å². The maximum atomic E-state index is 11.9. The molecule has 6 nitrogen and oxygen atoms in total. The third-order valence-corrected chi connectivity index (χ3v) is 2.83. The van der Waals surface area contributed by atoms with E-state index in [-0.39, 0.29) is 11.8 Å². The van der Waals surface area contributed by atoms with E-state index in [1.54, 1.807) is 24.5 Å². The summed E-state index contributed by atoms with van der Waals surface area (Å²) < 4.78 is 0. The molecule has 1 aromatic carbocycles. The number of carbonyl (C=O) groups is 2. The van der Waals surface area contributed by atoms with E-state index in [0.29, 0.717) is 18.7 Å². The van der Waals surface area contributed by atoms with Gasteiger partial charge in [0.15, 0.2) is 0 Å². The van der Waals surface area contributed by atoms with Gasteiger partial charge in [0.25, 0.3) is 5.91 Å². The molecule has 108 valence electrons. The minimum absolute atomic E-state index is 0.112. The van der Waals surface area contributed by atoms with Crippen LogP contribution in [0.3, 0.4) is 0 Å². The highest BCUT2D eigenvalue weighted by Gasteiger charge is 2.05. The highest BCUT2D eigenvalue weighted by Crippen LogP contribution is 2.17. The van der Waals surface area contributed by atoms with Crippen LogP contribution in [0.15, 0.2) is 43.0 Å². The zero-order valence-corrected chi connectivity index (χ0v) is 11.7. The van der Waals surface area contributed by atoms with Gasteiger partial charge in [-0.3, -0.25) is 9.59 Å². The van der Waals surface area contributed by atoms with Crippen molar-refractivity contribution in [3.05, 3.63) is 48.5 Å². The molecule has 0 unspecified atom stereocenters. The molecule has 1 aromatic heterocycles. The molecule has 2 amide bonds. The third kappa shape index (κ3) is 4.38. The van der Waals surface area contributed by atoms with Crippen LogP contribution in [0.1, 0.15) is 17.3 Å². The van der Waals surface area contributed by atoms with Gasteiger partial charge in [-0.15, -0.1) is 0 Å². The van der Waals surface area contributed by atoms with Crippen LogP contribution in [0, 0.1) is 0 Å². The zero-order chi connectivity index (χ0) is 15.1. The summed E-state index contributed by atoms with van der Waals surface area (Å²) in [5.41, 5.74) is 2.42. The summed E-state index contributed by atoms with van der Waals surface area (Å²) in [6, 6.07) is 7.19. The lowest BCUT2D eigenvalue weighted by molar-refractivity contribution is -0.118. The smallest absolute Gasteiger partial charge is 0.251 e. The van der Waals surface area contributed by atoms with Crippen molar-refractivity contribution >= 4 is 11.8 Å². The monoisotopic (exact) mass is 284 g/mol. The molecule has 21 heavy (non-hydrogen) atoms. The molecule has 0 spiro atoms. The van der Waals surface area contributed by atoms with Gasteiger partial charge < -0.3 is 10.6 Å². The van der Waals surface area contributed by atoms with Crippen molar-refractivity contribution in [1.29, 1.82) is 0 Å². The Labute approximate surface area is 122 Å². The molecule has 0 atom stereocenters. The first-order valence-corrected chi connectivity index (χ1v) is 6.55. The second-order valence-electron chi connectivity index (χ2n) is 4.44. The van der Waals surface area contributed by atoms with Gasteiger partial charge in [-0.2, -0.15) is 0 Å². The molecule has 0 aliphatic rings. The fraction of sp³-hybridized carbons (Fsp3) is 0.200. The predicted octanol–water partition coefficient (Wildman–Crippen LogP) is 1.01. The Balaban J connectivity index is 1.93. The summed E-state index contributed by atoms with van der Waals surface area (Å²) >= 11 is 0. The summed E-state index contributed by atoms with van der Waals surface area (Å²) in [5.74, 6) is -0.283. The third-order valence-electron chi connectivity index (χ3n) is 2.83. The van der Waals surface area contributed by atoms with Gasteiger partial charge in [-0.25, -0.2) is 9.97 Å². The summed E-state index contributed by atoms with van der Waals surface area (Å²) in [5, 5.41) is 5.35. The topological polar surface area (TPSA) is 84.0 Å². The van der Waals surface area contributed by atoms with E-state index in [2.05, 4.69) is 20.6 Å². The summed E-state index contributed by atoms with van der Waals surface area (Å²) in [4.78, 5) is 30.5. The second kappa shape index (κ2) is 7.14. The lowest BCUT2D eigenvalue weighted by Gasteiger charge is -2.06. The Kier molecular flexibility index (Phi) is 4.98. The number of benzene rings is 1. The number of hydrogen-bond acceptors (Lipinski definition) is 4. The largest absolute Gasteiger partial charge is 0.355 e. The van der Waals surface area contributed by atoms with Crippen molar-refractivity contribution in [3.8, 4) is 11.1 Å². The van der Waals surface area contributed by atoms with Crippen molar-refractivity contribution in [2.24, 2.45) is 0 Å². The van der Waals surface area contributed by atoms with E-state index in [0.717, 1.165) is 11.1 Å². The first-order chi connectivity index (χ1) is 10.2. The standard InChI is InChI=1S/C15H16N4O2/c1-11(20)18-6-7-19-15(21)13-4-2-12(3-5-13)14-8-16-10-17-9-14/h2-5,8-10H,6-7H2,1H3,(H,18,20)(H,19,21). The van der Waals surface area contributed by atoms with Gasteiger partial charge in [-0.1, -0.05) is 12.1 Å². The number of nitrogens with zero attached hydrogens (tertiary/aromatic N) is 2. The molecule has 0 radical (unpaired) electrons. The van der Waals surface area contributed by atoms with Gasteiger partial charge in [0.2, 0.25) is 5.91 Å². The van der Waals surface area contributed by atoms with Crippen LogP contribution >= 0.6 is 0 Å². The Morgan fingerprint density at radius 2 is 1.57 bits per heavy atom. The van der Waals surface area contributed by atoms with E-state index in [1.165, 1.54) is 13.3 Å². The Bertz CT molecular complexity index is 611. The first kappa shape index (κ1) is 14.6. The second-order valence-corrected chi connectivity index (χ2v) is 4.44. The fourth-order valence-electron chi connectivity index (χ4n) is 1.78.